The van der Waals surface area contributed by atoms with Gasteiger partial charge in [0.05, 0.1) is 5.60 Å². The van der Waals surface area contributed by atoms with Gasteiger partial charge in [0.25, 0.3) is 0 Å². The molecule has 128 valence electrons. The van der Waals surface area contributed by atoms with Crippen molar-refractivity contribution < 1.29 is 9.22 Å². The molecule has 0 aliphatic heterocycles. The van der Waals surface area contributed by atoms with Crippen molar-refractivity contribution in [3.05, 3.63) is 63.9 Å². The Morgan fingerprint density at radius 3 is 2.42 bits per heavy atom. The Kier molecular flexibility index (Phi) is 5.78. The van der Waals surface area contributed by atoms with Crippen LogP contribution < -0.4 is 0 Å². The topological polar surface area (TPSA) is 39.2 Å². The van der Waals surface area contributed by atoms with Crippen LogP contribution in [0.15, 0.2) is 47.1 Å². The van der Waals surface area contributed by atoms with Crippen molar-refractivity contribution in [2.24, 2.45) is 0 Å². The molecule has 0 saturated carbocycles. The van der Waals surface area contributed by atoms with Crippen LogP contribution >= 0.6 is 15.9 Å². The summed E-state index contributed by atoms with van der Waals surface area (Å²) in [7, 11) is -0.706. The number of aromatic nitrogens is 1. The van der Waals surface area contributed by atoms with Gasteiger partial charge >= 0.3 is 0 Å². The molecule has 0 atom stereocenters. The molecule has 0 spiro atoms. The third-order valence-electron chi connectivity index (χ3n) is 3.62. The van der Waals surface area contributed by atoms with E-state index in [1.807, 2.05) is 24.3 Å². The summed E-state index contributed by atoms with van der Waals surface area (Å²) in [6, 6.07) is 11.1. The molecule has 0 saturated heterocycles. The second kappa shape index (κ2) is 7.29. The molecule has 0 amide bonds. The van der Waals surface area contributed by atoms with Crippen LogP contribution in [-0.4, -0.2) is 20.5 Å². The number of carbonyl (C=O) groups is 1. The summed E-state index contributed by atoms with van der Waals surface area (Å²) in [4.78, 5) is 16.8. The third-order valence-corrected chi connectivity index (χ3v) is 5.81. The van der Waals surface area contributed by atoms with Crippen molar-refractivity contribution in [3.8, 4) is 0 Å². The SMILES string of the molecule is CC(C)(C)[SiH2]OC(C)(C)c1cc(Br)cc(C(=O)c2ccccn2)c1. The molecule has 0 radical (unpaired) electrons. The second-order valence-electron chi connectivity index (χ2n) is 7.63. The van der Waals surface area contributed by atoms with Crippen LogP contribution in [0.2, 0.25) is 5.04 Å². The molecule has 1 aromatic heterocycles. The molecular formula is C19H24BrNO2Si. The highest BCUT2D eigenvalue weighted by molar-refractivity contribution is 9.10. The van der Waals surface area contributed by atoms with E-state index in [0.29, 0.717) is 11.3 Å². The molecule has 2 aromatic rings. The van der Waals surface area contributed by atoms with E-state index >= 15 is 0 Å². The predicted octanol–water partition coefficient (Wildman–Crippen LogP) is 4.63. The Hall–Kier alpha value is -1.30. The summed E-state index contributed by atoms with van der Waals surface area (Å²) in [5.41, 5.74) is 1.63. The zero-order valence-electron chi connectivity index (χ0n) is 14.9. The maximum absolute atomic E-state index is 12.7. The number of hydrogen-bond donors (Lipinski definition) is 0. The lowest BCUT2D eigenvalue weighted by Gasteiger charge is -2.31. The Labute approximate surface area is 154 Å². The van der Waals surface area contributed by atoms with Gasteiger partial charge in [-0.15, -0.1) is 0 Å². The van der Waals surface area contributed by atoms with Gasteiger partial charge in [0, 0.05) is 16.2 Å². The van der Waals surface area contributed by atoms with E-state index in [2.05, 4.69) is 55.5 Å². The van der Waals surface area contributed by atoms with E-state index < -0.39 is 15.4 Å². The molecule has 5 heteroatoms. The van der Waals surface area contributed by atoms with Crippen molar-refractivity contribution in [1.29, 1.82) is 0 Å². The van der Waals surface area contributed by atoms with Gasteiger partial charge in [0.1, 0.15) is 5.69 Å². The highest BCUT2D eigenvalue weighted by atomic mass is 79.9. The fraction of sp³-hybridized carbons (Fsp3) is 0.368. The highest BCUT2D eigenvalue weighted by Crippen LogP contribution is 2.32. The zero-order chi connectivity index (χ0) is 18.0. The van der Waals surface area contributed by atoms with E-state index in [4.69, 9.17) is 4.43 Å². The predicted molar refractivity (Wildman–Crippen MR) is 104 cm³/mol. The number of halogens is 1. The van der Waals surface area contributed by atoms with Crippen molar-refractivity contribution in [2.75, 3.05) is 0 Å². The maximum atomic E-state index is 12.7. The summed E-state index contributed by atoms with van der Waals surface area (Å²) in [5, 5.41) is 0.218. The lowest BCUT2D eigenvalue weighted by Crippen LogP contribution is -2.28. The number of hydrogen-bond acceptors (Lipinski definition) is 3. The number of benzene rings is 1. The highest BCUT2D eigenvalue weighted by Gasteiger charge is 2.26. The normalized spacial score (nSPS) is 12.8. The van der Waals surface area contributed by atoms with E-state index in [-0.39, 0.29) is 10.8 Å². The number of nitrogens with zero attached hydrogens (tertiary/aromatic N) is 1. The minimum absolute atomic E-state index is 0.0815. The Balaban J connectivity index is 2.33. The number of rotatable bonds is 5. The van der Waals surface area contributed by atoms with E-state index in [0.717, 1.165) is 10.0 Å². The molecule has 2 rings (SSSR count). The first kappa shape index (κ1) is 19.0. The first-order valence-electron chi connectivity index (χ1n) is 7.99. The van der Waals surface area contributed by atoms with Crippen LogP contribution in [0.25, 0.3) is 0 Å². The molecule has 0 N–H and O–H groups in total. The lowest BCUT2D eigenvalue weighted by atomic mass is 9.95. The minimum atomic E-state index is -0.706. The van der Waals surface area contributed by atoms with Gasteiger partial charge in [-0.25, -0.2) is 0 Å². The van der Waals surface area contributed by atoms with E-state index in [1.54, 1.807) is 18.3 Å². The van der Waals surface area contributed by atoms with Gasteiger partial charge in [-0.05, 0) is 54.8 Å². The number of ketones is 1. The van der Waals surface area contributed by atoms with Crippen molar-refractivity contribution in [1.82, 2.24) is 4.98 Å². The monoisotopic (exact) mass is 405 g/mol. The molecule has 0 fully saturated rings. The minimum Gasteiger partial charge on any atom is -0.415 e. The average Bonchev–Trinajstić information content (AvgIpc) is 2.52. The molecule has 0 unspecified atom stereocenters. The Bertz CT molecular complexity index is 724. The molecule has 0 aliphatic rings. The average molecular weight is 406 g/mol. The Morgan fingerprint density at radius 2 is 1.83 bits per heavy atom. The van der Waals surface area contributed by atoms with Crippen molar-refractivity contribution in [3.63, 3.8) is 0 Å². The van der Waals surface area contributed by atoms with Crippen LogP contribution in [0.3, 0.4) is 0 Å². The van der Waals surface area contributed by atoms with Gasteiger partial charge in [0.15, 0.2) is 9.76 Å². The van der Waals surface area contributed by atoms with Gasteiger partial charge in [-0.3, -0.25) is 9.78 Å². The quantitative estimate of drug-likeness (QED) is 0.537. The summed E-state index contributed by atoms with van der Waals surface area (Å²) in [6.45, 7) is 10.7. The summed E-state index contributed by atoms with van der Waals surface area (Å²) in [5.74, 6) is -0.0815. The zero-order valence-corrected chi connectivity index (χ0v) is 17.9. The third kappa shape index (κ3) is 5.10. The standard InChI is InChI=1S/C19H24BrNO2Si/c1-18(2,3)24-23-19(4,5)14-10-13(11-15(20)12-14)17(22)16-8-6-7-9-21-16/h6-12H,24H2,1-5H3. The second-order valence-corrected chi connectivity index (χ2v) is 11.2. The van der Waals surface area contributed by atoms with Crippen molar-refractivity contribution >= 4 is 31.5 Å². The van der Waals surface area contributed by atoms with Gasteiger partial charge in [0.2, 0.25) is 5.78 Å². The Morgan fingerprint density at radius 1 is 1.12 bits per heavy atom. The van der Waals surface area contributed by atoms with E-state index in [9.17, 15) is 4.79 Å². The van der Waals surface area contributed by atoms with Crippen LogP contribution in [0.5, 0.6) is 0 Å². The summed E-state index contributed by atoms with van der Waals surface area (Å²) < 4.78 is 7.14. The van der Waals surface area contributed by atoms with Crippen LogP contribution in [0.4, 0.5) is 0 Å². The largest absolute Gasteiger partial charge is 0.415 e. The van der Waals surface area contributed by atoms with Gasteiger partial charge < -0.3 is 4.43 Å². The lowest BCUT2D eigenvalue weighted by molar-refractivity contribution is 0.102. The summed E-state index contributed by atoms with van der Waals surface area (Å²) >= 11 is 3.52. The summed E-state index contributed by atoms with van der Waals surface area (Å²) in [6.07, 6.45) is 1.63. The molecule has 1 heterocycles. The van der Waals surface area contributed by atoms with Crippen LogP contribution in [0, 0.1) is 0 Å². The smallest absolute Gasteiger partial charge is 0.211 e. The number of pyridine rings is 1. The molecule has 0 aliphatic carbocycles. The van der Waals surface area contributed by atoms with Crippen molar-refractivity contribution in [2.45, 2.75) is 45.3 Å². The molecule has 0 bridgehead atoms. The fourth-order valence-corrected chi connectivity index (χ4v) is 3.65. The first-order valence-corrected chi connectivity index (χ1v) is 10.1. The number of carbonyl (C=O) groups excluding carboxylic acids is 1. The first-order chi connectivity index (χ1) is 11.1. The fourth-order valence-electron chi connectivity index (χ4n) is 2.19. The van der Waals surface area contributed by atoms with E-state index in [1.165, 1.54) is 0 Å². The van der Waals surface area contributed by atoms with Crippen LogP contribution in [0.1, 0.15) is 56.2 Å². The molecule has 3 nitrogen and oxygen atoms in total. The van der Waals surface area contributed by atoms with Gasteiger partial charge in [-0.2, -0.15) is 0 Å². The maximum Gasteiger partial charge on any atom is 0.211 e. The van der Waals surface area contributed by atoms with Gasteiger partial charge in [-0.1, -0.05) is 42.8 Å². The molecule has 24 heavy (non-hydrogen) atoms. The van der Waals surface area contributed by atoms with Crippen LogP contribution in [-0.2, 0) is 10.0 Å². The molecular weight excluding hydrogens is 382 g/mol. The molecule has 1 aromatic carbocycles.